The van der Waals surface area contributed by atoms with Gasteiger partial charge in [-0.2, -0.15) is 0 Å². The molecule has 5 rings (SSSR count). The molecule has 0 aliphatic carbocycles. The Balaban J connectivity index is 1.23. The molecule has 2 saturated heterocycles. The molecule has 0 radical (unpaired) electrons. The lowest BCUT2D eigenvalue weighted by Gasteiger charge is -2.40. The predicted molar refractivity (Wildman–Crippen MR) is 140 cm³/mol. The lowest BCUT2D eigenvalue weighted by atomic mass is 9.99. The van der Waals surface area contributed by atoms with Crippen LogP contribution in [-0.2, 0) is 0 Å². The van der Waals surface area contributed by atoms with Crippen molar-refractivity contribution in [2.24, 2.45) is 0 Å². The molecule has 33 heavy (non-hydrogen) atoms. The smallest absolute Gasteiger partial charge is 0.0446 e. The molecule has 2 fully saturated rings. The quantitative estimate of drug-likeness (QED) is 0.553. The van der Waals surface area contributed by atoms with Gasteiger partial charge in [-0.05, 0) is 42.5 Å². The molecule has 0 aromatic heterocycles. The first-order valence-electron chi connectivity index (χ1n) is 12.4. The van der Waals surface area contributed by atoms with Crippen LogP contribution in [0.15, 0.2) is 66.7 Å². The molecule has 3 aromatic rings. The van der Waals surface area contributed by atoms with Crippen LogP contribution in [0.1, 0.15) is 24.9 Å². The minimum absolute atomic E-state index is 0.447. The molecule has 2 unspecified atom stereocenters. The average molecular weight is 463 g/mol. The predicted octanol–water partition coefficient (Wildman–Crippen LogP) is 5.04. The van der Waals surface area contributed by atoms with Gasteiger partial charge in [0.05, 0.1) is 0 Å². The third-order valence-corrected chi connectivity index (χ3v) is 7.55. The van der Waals surface area contributed by atoms with Crippen molar-refractivity contribution in [2.45, 2.75) is 25.4 Å². The van der Waals surface area contributed by atoms with E-state index in [0.717, 1.165) is 63.8 Å². The minimum atomic E-state index is 0.447. The second-order valence-corrected chi connectivity index (χ2v) is 9.97. The Morgan fingerprint density at radius 2 is 1.67 bits per heavy atom. The number of hydrogen-bond acceptors (Lipinski definition) is 4. The largest absolute Gasteiger partial charge is 0.368 e. The van der Waals surface area contributed by atoms with E-state index in [0.29, 0.717) is 12.1 Å². The third kappa shape index (κ3) is 5.36. The van der Waals surface area contributed by atoms with Crippen molar-refractivity contribution in [3.05, 3.63) is 77.3 Å². The van der Waals surface area contributed by atoms with Crippen molar-refractivity contribution in [2.75, 3.05) is 57.3 Å². The molecule has 0 bridgehead atoms. The van der Waals surface area contributed by atoms with E-state index in [1.165, 1.54) is 22.0 Å². The van der Waals surface area contributed by atoms with Gasteiger partial charge in [0.25, 0.3) is 0 Å². The van der Waals surface area contributed by atoms with Crippen molar-refractivity contribution < 1.29 is 0 Å². The van der Waals surface area contributed by atoms with Crippen molar-refractivity contribution in [1.82, 2.24) is 15.1 Å². The summed E-state index contributed by atoms with van der Waals surface area (Å²) < 4.78 is 0. The Hall–Kier alpha value is -2.11. The summed E-state index contributed by atoms with van der Waals surface area (Å²) in [5.41, 5.74) is 2.77. The summed E-state index contributed by atoms with van der Waals surface area (Å²) in [7, 11) is 0. The van der Waals surface area contributed by atoms with E-state index in [1.54, 1.807) is 0 Å². The van der Waals surface area contributed by atoms with Gasteiger partial charge in [-0.25, -0.2) is 0 Å². The summed E-state index contributed by atoms with van der Waals surface area (Å²) in [4.78, 5) is 7.88. The van der Waals surface area contributed by atoms with Gasteiger partial charge in [-0.1, -0.05) is 60.1 Å². The van der Waals surface area contributed by atoms with Crippen molar-refractivity contribution in [3.8, 4) is 0 Å². The Morgan fingerprint density at radius 3 is 2.45 bits per heavy atom. The maximum atomic E-state index is 6.19. The molecule has 1 N–H and O–H groups in total. The number of anilines is 1. The topological polar surface area (TPSA) is 21.8 Å². The number of rotatable bonds is 6. The number of piperazine rings is 2. The van der Waals surface area contributed by atoms with Crippen LogP contribution < -0.4 is 10.2 Å². The molecule has 0 saturated carbocycles. The fourth-order valence-corrected chi connectivity index (χ4v) is 5.62. The molecule has 2 aliphatic rings. The monoisotopic (exact) mass is 462 g/mol. The molecule has 5 heteroatoms. The molecule has 2 heterocycles. The zero-order valence-corrected chi connectivity index (χ0v) is 20.3. The first kappa shape index (κ1) is 22.7. The van der Waals surface area contributed by atoms with Gasteiger partial charge in [0.1, 0.15) is 0 Å². The average Bonchev–Trinajstić information content (AvgIpc) is 2.85. The maximum absolute atomic E-state index is 6.19. The van der Waals surface area contributed by atoms with Crippen molar-refractivity contribution in [3.63, 3.8) is 0 Å². The molecule has 0 spiro atoms. The first-order chi connectivity index (χ1) is 16.2. The number of fused-ring (bicyclic) bond motifs is 1. The maximum Gasteiger partial charge on any atom is 0.0446 e. The van der Waals surface area contributed by atoms with Crippen molar-refractivity contribution >= 4 is 28.1 Å². The molecular formula is C28H35ClN4. The van der Waals surface area contributed by atoms with E-state index in [9.17, 15) is 0 Å². The number of hydrogen-bond donors (Lipinski definition) is 1. The highest BCUT2D eigenvalue weighted by atomic mass is 35.5. The second kappa shape index (κ2) is 10.4. The fraction of sp³-hybridized carbons (Fsp3) is 0.429. The SMILES string of the molecule is CC1CN(C(CCN2CCN(c3cccc4ccccc34)CC2)c2ccc(Cl)cc2)CCN1. The molecule has 174 valence electrons. The Kier molecular flexibility index (Phi) is 7.17. The van der Waals surface area contributed by atoms with Gasteiger partial charge in [-0.15, -0.1) is 0 Å². The summed E-state index contributed by atoms with van der Waals surface area (Å²) in [6.07, 6.45) is 1.16. The van der Waals surface area contributed by atoms with Crippen LogP contribution in [0.3, 0.4) is 0 Å². The van der Waals surface area contributed by atoms with Gasteiger partial charge in [-0.3, -0.25) is 9.80 Å². The highest BCUT2D eigenvalue weighted by molar-refractivity contribution is 6.30. The third-order valence-electron chi connectivity index (χ3n) is 7.29. The lowest BCUT2D eigenvalue weighted by molar-refractivity contribution is 0.127. The van der Waals surface area contributed by atoms with E-state index >= 15 is 0 Å². The highest BCUT2D eigenvalue weighted by Crippen LogP contribution is 2.29. The zero-order valence-electron chi connectivity index (χ0n) is 19.6. The molecular weight excluding hydrogens is 428 g/mol. The highest BCUT2D eigenvalue weighted by Gasteiger charge is 2.26. The number of halogens is 1. The van der Waals surface area contributed by atoms with E-state index in [-0.39, 0.29) is 0 Å². The van der Waals surface area contributed by atoms with Gasteiger partial charge in [0.15, 0.2) is 0 Å². The van der Waals surface area contributed by atoms with E-state index in [2.05, 4.69) is 81.5 Å². The summed E-state index contributed by atoms with van der Waals surface area (Å²) in [6, 6.07) is 24.9. The van der Waals surface area contributed by atoms with Crippen LogP contribution >= 0.6 is 11.6 Å². The summed E-state index contributed by atoms with van der Waals surface area (Å²) >= 11 is 6.19. The number of nitrogens with zero attached hydrogens (tertiary/aromatic N) is 3. The first-order valence-corrected chi connectivity index (χ1v) is 12.7. The Labute approximate surface area is 203 Å². The normalized spacial score (nSPS) is 21.4. The molecule has 2 atom stereocenters. The number of benzene rings is 3. The van der Waals surface area contributed by atoms with Crippen LogP contribution in [0.4, 0.5) is 5.69 Å². The number of nitrogens with one attached hydrogen (secondary N) is 1. The van der Waals surface area contributed by atoms with Crippen LogP contribution in [0.2, 0.25) is 5.02 Å². The van der Waals surface area contributed by atoms with Crippen molar-refractivity contribution in [1.29, 1.82) is 0 Å². The summed E-state index contributed by atoms with van der Waals surface area (Å²) in [5, 5.41) is 7.09. The summed E-state index contributed by atoms with van der Waals surface area (Å²) in [6.45, 7) is 11.1. The second-order valence-electron chi connectivity index (χ2n) is 9.53. The van der Waals surface area contributed by atoms with Crippen LogP contribution in [-0.4, -0.2) is 68.2 Å². The van der Waals surface area contributed by atoms with E-state index < -0.39 is 0 Å². The fourth-order valence-electron chi connectivity index (χ4n) is 5.49. The molecule has 3 aromatic carbocycles. The Morgan fingerprint density at radius 1 is 0.909 bits per heavy atom. The Bertz CT molecular complexity index is 1040. The standard InChI is InChI=1S/C28H35ClN4/c1-22-21-33(16-14-30-22)27(24-9-11-25(29)12-10-24)13-15-31-17-19-32(20-18-31)28-8-4-6-23-5-2-3-7-26(23)28/h2-12,22,27,30H,13-21H2,1H3. The minimum Gasteiger partial charge on any atom is -0.368 e. The van der Waals surface area contributed by atoms with E-state index in [4.69, 9.17) is 11.6 Å². The van der Waals surface area contributed by atoms with Gasteiger partial charge in [0.2, 0.25) is 0 Å². The van der Waals surface area contributed by atoms with Gasteiger partial charge >= 0.3 is 0 Å². The molecule has 0 amide bonds. The lowest BCUT2D eigenvalue weighted by Crippen LogP contribution is -2.51. The van der Waals surface area contributed by atoms with Crippen LogP contribution in [0.25, 0.3) is 10.8 Å². The van der Waals surface area contributed by atoms with Crippen LogP contribution in [0.5, 0.6) is 0 Å². The van der Waals surface area contributed by atoms with Gasteiger partial charge in [0, 0.05) is 80.5 Å². The zero-order chi connectivity index (χ0) is 22.6. The van der Waals surface area contributed by atoms with Crippen LogP contribution in [0, 0.1) is 0 Å². The molecule has 2 aliphatic heterocycles. The molecule has 4 nitrogen and oxygen atoms in total. The van der Waals surface area contributed by atoms with E-state index in [1.807, 2.05) is 12.1 Å². The van der Waals surface area contributed by atoms with Gasteiger partial charge < -0.3 is 10.2 Å². The summed E-state index contributed by atoms with van der Waals surface area (Å²) in [5.74, 6) is 0.